The SMILES string of the molecule is CC(C)(C)OC(=O)NC1(c2cccc(C(F)(F)F)c2Cl)CN(C(=O)OC(C)(C)C)C1. The molecule has 0 unspecified atom stereocenters. The predicted molar refractivity (Wildman–Crippen MR) is 105 cm³/mol. The van der Waals surface area contributed by atoms with Gasteiger partial charge in [0.15, 0.2) is 0 Å². The fourth-order valence-corrected chi connectivity index (χ4v) is 3.41. The number of amides is 2. The maximum absolute atomic E-state index is 13.3. The summed E-state index contributed by atoms with van der Waals surface area (Å²) in [6, 6.07) is 3.46. The first kappa shape index (κ1) is 24.1. The smallest absolute Gasteiger partial charge is 0.417 e. The monoisotopic (exact) mass is 450 g/mol. The highest BCUT2D eigenvalue weighted by Gasteiger charge is 2.51. The molecular weight excluding hydrogens is 425 g/mol. The van der Waals surface area contributed by atoms with Gasteiger partial charge in [-0.05, 0) is 47.6 Å². The Hall–Kier alpha value is -2.16. The van der Waals surface area contributed by atoms with Crippen LogP contribution in [0.5, 0.6) is 0 Å². The van der Waals surface area contributed by atoms with Crippen molar-refractivity contribution in [3.05, 3.63) is 34.3 Å². The lowest BCUT2D eigenvalue weighted by Gasteiger charge is -2.50. The zero-order valence-electron chi connectivity index (χ0n) is 17.7. The van der Waals surface area contributed by atoms with Crippen molar-refractivity contribution in [1.82, 2.24) is 10.2 Å². The molecule has 6 nitrogen and oxygen atoms in total. The molecule has 0 aliphatic carbocycles. The van der Waals surface area contributed by atoms with Crippen LogP contribution in [0.3, 0.4) is 0 Å². The molecule has 0 radical (unpaired) electrons. The van der Waals surface area contributed by atoms with Crippen molar-refractivity contribution in [2.75, 3.05) is 13.1 Å². The van der Waals surface area contributed by atoms with Crippen LogP contribution in [0, 0.1) is 0 Å². The fraction of sp³-hybridized carbons (Fsp3) is 0.600. The van der Waals surface area contributed by atoms with Gasteiger partial charge in [0.05, 0.1) is 23.7 Å². The minimum absolute atomic E-state index is 0.0460. The summed E-state index contributed by atoms with van der Waals surface area (Å²) in [6.45, 7) is 9.81. The Morgan fingerprint density at radius 2 is 1.57 bits per heavy atom. The average Bonchev–Trinajstić information content (AvgIpc) is 2.46. The van der Waals surface area contributed by atoms with Crippen molar-refractivity contribution in [3.63, 3.8) is 0 Å². The second kappa shape index (κ2) is 7.83. The normalized spacial score (nSPS) is 16.5. The van der Waals surface area contributed by atoms with Crippen LogP contribution in [0.2, 0.25) is 5.02 Å². The highest BCUT2D eigenvalue weighted by atomic mass is 35.5. The van der Waals surface area contributed by atoms with Gasteiger partial charge in [0.2, 0.25) is 0 Å². The van der Waals surface area contributed by atoms with Gasteiger partial charge in [-0.2, -0.15) is 13.2 Å². The largest absolute Gasteiger partial charge is 0.444 e. The molecular formula is C20H26ClF3N2O4. The first-order valence-electron chi connectivity index (χ1n) is 9.29. The van der Waals surface area contributed by atoms with Crippen LogP contribution in [0.15, 0.2) is 18.2 Å². The third-order valence-corrected chi connectivity index (χ3v) is 4.54. The topological polar surface area (TPSA) is 67.9 Å². The summed E-state index contributed by atoms with van der Waals surface area (Å²) in [4.78, 5) is 26.0. The molecule has 2 amide bonds. The van der Waals surface area contributed by atoms with E-state index in [-0.39, 0.29) is 18.7 Å². The highest BCUT2D eigenvalue weighted by molar-refractivity contribution is 6.32. The van der Waals surface area contributed by atoms with E-state index in [1.165, 1.54) is 17.0 Å². The molecule has 10 heteroatoms. The zero-order chi connectivity index (χ0) is 23.1. The molecule has 0 aromatic heterocycles. The van der Waals surface area contributed by atoms with Crippen LogP contribution < -0.4 is 5.32 Å². The summed E-state index contributed by atoms with van der Waals surface area (Å²) in [7, 11) is 0. The van der Waals surface area contributed by atoms with Crippen LogP contribution in [0.1, 0.15) is 52.7 Å². The number of likely N-dealkylation sites (tertiary alicyclic amines) is 1. The molecule has 1 aromatic rings. The number of ether oxygens (including phenoxy) is 2. The molecule has 1 aromatic carbocycles. The minimum atomic E-state index is -4.67. The van der Waals surface area contributed by atoms with Gasteiger partial charge in [0.1, 0.15) is 16.7 Å². The zero-order valence-corrected chi connectivity index (χ0v) is 18.5. The number of alkyl carbamates (subject to hydrolysis) is 1. The van der Waals surface area contributed by atoms with E-state index in [1.807, 2.05) is 0 Å². The van der Waals surface area contributed by atoms with Crippen LogP contribution in [0.25, 0.3) is 0 Å². The van der Waals surface area contributed by atoms with Crippen LogP contribution >= 0.6 is 11.6 Å². The number of hydrogen-bond acceptors (Lipinski definition) is 4. The fourth-order valence-electron chi connectivity index (χ4n) is 3.00. The minimum Gasteiger partial charge on any atom is -0.444 e. The average molecular weight is 451 g/mol. The second-order valence-corrected chi connectivity index (χ2v) is 9.59. The van der Waals surface area contributed by atoms with Gasteiger partial charge in [-0.1, -0.05) is 23.7 Å². The molecule has 1 heterocycles. The molecule has 1 fully saturated rings. The lowest BCUT2D eigenvalue weighted by Crippen LogP contribution is -2.69. The van der Waals surface area contributed by atoms with Crippen molar-refractivity contribution in [3.8, 4) is 0 Å². The Labute approximate surface area is 178 Å². The van der Waals surface area contributed by atoms with Gasteiger partial charge in [0, 0.05) is 5.56 Å². The van der Waals surface area contributed by atoms with Crippen LogP contribution in [-0.4, -0.2) is 41.4 Å². The number of nitrogens with one attached hydrogen (secondary N) is 1. The Balaban J connectivity index is 2.38. The Morgan fingerprint density at radius 1 is 1.03 bits per heavy atom. The van der Waals surface area contributed by atoms with E-state index in [2.05, 4.69) is 5.32 Å². The molecule has 0 atom stereocenters. The highest BCUT2D eigenvalue weighted by Crippen LogP contribution is 2.43. The number of hydrogen-bond donors (Lipinski definition) is 1. The van der Waals surface area contributed by atoms with Crippen molar-refractivity contribution >= 4 is 23.8 Å². The van der Waals surface area contributed by atoms with Gasteiger partial charge in [0.25, 0.3) is 0 Å². The molecule has 30 heavy (non-hydrogen) atoms. The first-order chi connectivity index (χ1) is 13.4. The van der Waals surface area contributed by atoms with E-state index in [9.17, 15) is 22.8 Å². The van der Waals surface area contributed by atoms with Crippen molar-refractivity contribution in [1.29, 1.82) is 0 Å². The number of carbonyl (C=O) groups is 2. The molecule has 0 spiro atoms. The summed E-state index contributed by atoms with van der Waals surface area (Å²) in [5.41, 5.74) is -3.90. The van der Waals surface area contributed by atoms with Gasteiger partial charge >= 0.3 is 18.4 Å². The van der Waals surface area contributed by atoms with E-state index >= 15 is 0 Å². The third kappa shape index (κ3) is 5.71. The summed E-state index contributed by atoms with van der Waals surface area (Å²) in [5, 5.41) is 2.07. The Kier molecular flexibility index (Phi) is 6.29. The van der Waals surface area contributed by atoms with Crippen LogP contribution in [-0.2, 0) is 21.2 Å². The molecule has 1 N–H and O–H groups in total. The quantitative estimate of drug-likeness (QED) is 0.661. The van der Waals surface area contributed by atoms with Gasteiger partial charge in [-0.25, -0.2) is 9.59 Å². The standard InChI is InChI=1S/C20H26ClF3N2O4/c1-17(2,3)29-15(27)25-19(10-26(11-19)16(28)30-18(4,5)6)12-8-7-9-13(14(12)21)20(22,23)24/h7-9H,10-11H2,1-6H3,(H,25,27). The van der Waals surface area contributed by atoms with Crippen LogP contribution in [0.4, 0.5) is 22.8 Å². The van der Waals surface area contributed by atoms with Gasteiger partial charge in [-0.3, -0.25) is 0 Å². The van der Waals surface area contributed by atoms with E-state index < -0.39 is 45.7 Å². The molecule has 0 saturated carbocycles. The number of carbonyl (C=O) groups excluding carboxylic acids is 2. The molecule has 168 valence electrons. The first-order valence-corrected chi connectivity index (χ1v) is 9.67. The Morgan fingerprint density at radius 3 is 2.03 bits per heavy atom. The molecule has 1 saturated heterocycles. The third-order valence-electron chi connectivity index (χ3n) is 4.13. The van der Waals surface area contributed by atoms with Gasteiger partial charge < -0.3 is 19.7 Å². The number of benzene rings is 1. The molecule has 0 bridgehead atoms. The van der Waals surface area contributed by atoms with E-state index in [0.717, 1.165) is 6.07 Å². The maximum atomic E-state index is 13.3. The lowest BCUT2D eigenvalue weighted by atomic mass is 9.81. The number of alkyl halides is 3. The maximum Gasteiger partial charge on any atom is 0.417 e. The van der Waals surface area contributed by atoms with Crippen molar-refractivity contribution < 1.29 is 32.2 Å². The summed E-state index contributed by atoms with van der Waals surface area (Å²) in [6.07, 6.45) is -6.15. The molecule has 2 rings (SSSR count). The van der Waals surface area contributed by atoms with E-state index in [1.54, 1.807) is 41.5 Å². The van der Waals surface area contributed by atoms with Crippen molar-refractivity contribution in [2.24, 2.45) is 0 Å². The number of rotatable bonds is 2. The lowest BCUT2D eigenvalue weighted by molar-refractivity contribution is -0.137. The second-order valence-electron chi connectivity index (χ2n) is 9.21. The summed E-state index contributed by atoms with van der Waals surface area (Å²) >= 11 is 6.09. The molecule has 1 aliphatic rings. The Bertz CT molecular complexity index is 823. The predicted octanol–water partition coefficient (Wildman–Crippen LogP) is 5.33. The van der Waals surface area contributed by atoms with Crippen molar-refractivity contribution in [2.45, 2.75) is 64.5 Å². The van der Waals surface area contributed by atoms with E-state index in [4.69, 9.17) is 21.1 Å². The summed E-state index contributed by atoms with van der Waals surface area (Å²) in [5.74, 6) is 0. The van der Waals surface area contributed by atoms with Gasteiger partial charge in [-0.15, -0.1) is 0 Å². The summed E-state index contributed by atoms with van der Waals surface area (Å²) < 4.78 is 50.5. The number of nitrogens with zero attached hydrogens (tertiary/aromatic N) is 1. The molecule has 1 aliphatic heterocycles. The number of halogens is 4. The van der Waals surface area contributed by atoms with E-state index in [0.29, 0.717) is 0 Å².